The maximum Gasteiger partial charge on any atom is 0.236 e. The fraction of sp³-hybridized carbons (Fsp3) is 0.125. The minimum atomic E-state index is 0.228. The monoisotopic (exact) mass is 206 g/mol. The molecule has 2 rings (SSSR count). The maximum absolute atomic E-state index is 8.12. The van der Waals surface area contributed by atoms with Gasteiger partial charge in [-0.1, -0.05) is 11.2 Å². The van der Waals surface area contributed by atoms with Crippen LogP contribution >= 0.6 is 11.3 Å². The molecule has 0 aliphatic heterocycles. The predicted octanol–water partition coefficient (Wildman–Crippen LogP) is 3.21. The van der Waals surface area contributed by atoms with Crippen molar-refractivity contribution in [3.63, 3.8) is 0 Å². The third kappa shape index (κ3) is 1.76. The summed E-state index contributed by atoms with van der Waals surface area (Å²) in [6, 6.07) is 3.85. The van der Waals surface area contributed by atoms with Gasteiger partial charge in [-0.15, -0.1) is 11.3 Å². The summed E-state index contributed by atoms with van der Waals surface area (Å²) in [6.07, 6.45) is 1.50. The summed E-state index contributed by atoms with van der Waals surface area (Å²) in [5.41, 5.74) is 8.76. The zero-order valence-electron chi connectivity index (χ0n) is 7.12. The number of nitrogens with zero attached hydrogens (tertiary/aromatic N) is 4. The highest BCUT2D eigenvalue weighted by Crippen LogP contribution is 2.23. The second-order valence-electron chi connectivity index (χ2n) is 2.51. The molecule has 0 spiro atoms. The van der Waals surface area contributed by atoms with E-state index in [0.29, 0.717) is 11.6 Å². The van der Waals surface area contributed by atoms with Crippen LogP contribution in [0.5, 0.6) is 0 Å². The highest BCUT2D eigenvalue weighted by molar-refractivity contribution is 7.13. The lowest BCUT2D eigenvalue weighted by atomic mass is 10.4. The predicted molar refractivity (Wildman–Crippen MR) is 52.7 cm³/mol. The van der Waals surface area contributed by atoms with Crippen molar-refractivity contribution < 1.29 is 4.42 Å². The van der Waals surface area contributed by atoms with E-state index in [1.54, 1.807) is 11.3 Å². The average molecular weight is 206 g/mol. The molecule has 0 amide bonds. The van der Waals surface area contributed by atoms with Crippen LogP contribution in [-0.4, -0.2) is 4.98 Å². The van der Waals surface area contributed by atoms with Gasteiger partial charge in [0.2, 0.25) is 5.89 Å². The molecule has 5 nitrogen and oxygen atoms in total. The summed E-state index contributed by atoms with van der Waals surface area (Å²) in [5.74, 6) is 0.572. The molecule has 0 aliphatic rings. The van der Waals surface area contributed by atoms with E-state index >= 15 is 0 Å². The molecule has 2 heterocycles. The highest BCUT2D eigenvalue weighted by atomic mass is 32.1. The zero-order chi connectivity index (χ0) is 9.80. The SMILES string of the molecule is [N-]=[N+]=NCc1coc(-c2cccs2)n1. The molecule has 0 aliphatic carbocycles. The Kier molecular flexibility index (Phi) is 2.48. The summed E-state index contributed by atoms with van der Waals surface area (Å²) in [7, 11) is 0. The van der Waals surface area contributed by atoms with Crippen molar-refractivity contribution in [2.75, 3.05) is 0 Å². The molecular weight excluding hydrogens is 200 g/mol. The summed E-state index contributed by atoms with van der Waals surface area (Å²) in [4.78, 5) is 7.79. The van der Waals surface area contributed by atoms with Gasteiger partial charge in [-0.05, 0) is 17.0 Å². The first-order valence-electron chi connectivity index (χ1n) is 3.89. The summed E-state index contributed by atoms with van der Waals surface area (Å²) < 4.78 is 5.22. The van der Waals surface area contributed by atoms with Gasteiger partial charge < -0.3 is 4.42 Å². The largest absolute Gasteiger partial charge is 0.444 e. The molecule has 0 fully saturated rings. The summed E-state index contributed by atoms with van der Waals surface area (Å²) in [6.45, 7) is 0.228. The third-order valence-corrected chi connectivity index (χ3v) is 2.44. The molecule has 14 heavy (non-hydrogen) atoms. The molecule has 2 aromatic heterocycles. The molecule has 2 aromatic rings. The van der Waals surface area contributed by atoms with E-state index in [-0.39, 0.29) is 6.54 Å². The van der Waals surface area contributed by atoms with Crippen LogP contribution in [0.1, 0.15) is 5.69 Å². The minimum absolute atomic E-state index is 0.228. The fourth-order valence-electron chi connectivity index (χ4n) is 0.997. The summed E-state index contributed by atoms with van der Waals surface area (Å²) >= 11 is 1.55. The molecule has 70 valence electrons. The molecular formula is C8H6N4OS. The van der Waals surface area contributed by atoms with Gasteiger partial charge in [-0.25, -0.2) is 4.98 Å². The van der Waals surface area contributed by atoms with E-state index in [1.165, 1.54) is 6.26 Å². The first kappa shape index (κ1) is 8.80. The molecule has 0 radical (unpaired) electrons. The molecule has 0 saturated carbocycles. The maximum atomic E-state index is 8.12. The van der Waals surface area contributed by atoms with Crippen LogP contribution in [0.3, 0.4) is 0 Å². The lowest BCUT2D eigenvalue weighted by Gasteiger charge is -1.84. The second-order valence-corrected chi connectivity index (χ2v) is 3.46. The molecule has 0 atom stereocenters. The van der Waals surface area contributed by atoms with Crippen LogP contribution in [0.15, 0.2) is 33.3 Å². The van der Waals surface area contributed by atoms with E-state index < -0.39 is 0 Å². The number of thiophene rings is 1. The molecule has 0 aromatic carbocycles. The Morgan fingerprint density at radius 2 is 2.57 bits per heavy atom. The summed E-state index contributed by atoms with van der Waals surface area (Å²) in [5, 5.41) is 5.35. The van der Waals surface area contributed by atoms with Crippen molar-refractivity contribution in [3.8, 4) is 10.8 Å². The van der Waals surface area contributed by atoms with Crippen molar-refractivity contribution in [2.45, 2.75) is 6.54 Å². The van der Waals surface area contributed by atoms with Crippen molar-refractivity contribution in [3.05, 3.63) is 39.9 Å². The quantitative estimate of drug-likeness (QED) is 0.439. The average Bonchev–Trinajstić information content (AvgIpc) is 2.85. The van der Waals surface area contributed by atoms with E-state index in [4.69, 9.17) is 9.95 Å². The number of rotatable bonds is 3. The minimum Gasteiger partial charge on any atom is -0.444 e. The molecule has 0 unspecified atom stereocenters. The van der Waals surface area contributed by atoms with Gasteiger partial charge in [0, 0.05) is 4.91 Å². The Bertz CT molecular complexity index is 455. The van der Waals surface area contributed by atoms with Crippen LogP contribution in [0.2, 0.25) is 0 Å². The molecule has 0 saturated heterocycles. The van der Waals surface area contributed by atoms with Gasteiger partial charge in [-0.3, -0.25) is 0 Å². The van der Waals surface area contributed by atoms with Crippen molar-refractivity contribution in [2.24, 2.45) is 5.11 Å². The standard InChI is InChI=1S/C8H6N4OS/c9-12-10-4-6-5-13-8(11-6)7-2-1-3-14-7/h1-3,5H,4H2. The Balaban J connectivity index is 2.22. The van der Waals surface area contributed by atoms with E-state index in [2.05, 4.69) is 15.0 Å². The number of hydrogen-bond donors (Lipinski definition) is 0. The van der Waals surface area contributed by atoms with Crippen molar-refractivity contribution in [1.29, 1.82) is 0 Å². The molecule has 6 heteroatoms. The second kappa shape index (κ2) is 3.95. The topological polar surface area (TPSA) is 74.8 Å². The van der Waals surface area contributed by atoms with Gasteiger partial charge in [0.25, 0.3) is 0 Å². The zero-order valence-corrected chi connectivity index (χ0v) is 7.94. The van der Waals surface area contributed by atoms with E-state index in [0.717, 1.165) is 4.88 Å². The number of aromatic nitrogens is 1. The number of hydrogen-bond acceptors (Lipinski definition) is 4. The number of oxazole rings is 1. The lowest BCUT2D eigenvalue weighted by Crippen LogP contribution is -1.78. The van der Waals surface area contributed by atoms with E-state index in [1.807, 2.05) is 17.5 Å². The Hall–Kier alpha value is -1.78. The van der Waals surface area contributed by atoms with Gasteiger partial charge in [-0.2, -0.15) is 0 Å². The Labute approximate surface area is 83.6 Å². The normalized spacial score (nSPS) is 9.71. The molecule has 0 bridgehead atoms. The fourth-order valence-corrected chi connectivity index (χ4v) is 1.65. The van der Waals surface area contributed by atoms with E-state index in [9.17, 15) is 0 Å². The van der Waals surface area contributed by atoms with Crippen molar-refractivity contribution >= 4 is 11.3 Å². The van der Waals surface area contributed by atoms with Crippen molar-refractivity contribution in [1.82, 2.24) is 4.98 Å². The van der Waals surface area contributed by atoms with Crippen LogP contribution in [0.4, 0.5) is 0 Å². The smallest absolute Gasteiger partial charge is 0.236 e. The first-order valence-corrected chi connectivity index (χ1v) is 4.77. The van der Waals surface area contributed by atoms with Gasteiger partial charge in [0.1, 0.15) is 6.26 Å². The van der Waals surface area contributed by atoms with Crippen LogP contribution in [0, 0.1) is 0 Å². The highest BCUT2D eigenvalue weighted by Gasteiger charge is 2.05. The Morgan fingerprint density at radius 3 is 3.29 bits per heavy atom. The Morgan fingerprint density at radius 1 is 1.64 bits per heavy atom. The van der Waals surface area contributed by atoms with Gasteiger partial charge >= 0.3 is 0 Å². The first-order chi connectivity index (χ1) is 6.90. The van der Waals surface area contributed by atoms with Gasteiger partial charge in [0.15, 0.2) is 0 Å². The van der Waals surface area contributed by atoms with Gasteiger partial charge in [0.05, 0.1) is 17.1 Å². The van der Waals surface area contributed by atoms with Crippen LogP contribution in [0.25, 0.3) is 21.2 Å². The lowest BCUT2D eigenvalue weighted by molar-refractivity contribution is 0.574. The van der Waals surface area contributed by atoms with Crippen LogP contribution < -0.4 is 0 Å². The number of azide groups is 1. The van der Waals surface area contributed by atoms with Crippen LogP contribution in [-0.2, 0) is 6.54 Å². The third-order valence-electron chi connectivity index (χ3n) is 1.58. The molecule has 0 N–H and O–H groups in total.